The third kappa shape index (κ3) is 7.43. The fourth-order valence-electron chi connectivity index (χ4n) is 4.89. The van der Waals surface area contributed by atoms with Gasteiger partial charge in [-0.05, 0) is 103 Å². The second kappa shape index (κ2) is 11.1. The zero-order valence-electron chi connectivity index (χ0n) is 24.4. The van der Waals surface area contributed by atoms with Crippen molar-refractivity contribution < 1.29 is 23.8 Å². The summed E-state index contributed by atoms with van der Waals surface area (Å²) in [6.45, 7) is 14.7. The third-order valence-electron chi connectivity index (χ3n) is 6.86. The molecule has 0 spiro atoms. The summed E-state index contributed by atoms with van der Waals surface area (Å²) in [7, 11) is 0. The highest BCUT2D eigenvalue weighted by Crippen LogP contribution is 2.40. The lowest BCUT2D eigenvalue weighted by Crippen LogP contribution is -2.42. The molecule has 2 aliphatic rings. The van der Waals surface area contributed by atoms with E-state index < -0.39 is 17.2 Å². The molecule has 0 bridgehead atoms. The van der Waals surface area contributed by atoms with Gasteiger partial charge in [0.05, 0.1) is 12.3 Å². The summed E-state index contributed by atoms with van der Waals surface area (Å²) in [6, 6.07) is 7.88. The van der Waals surface area contributed by atoms with Crippen molar-refractivity contribution in [1.82, 2.24) is 9.88 Å². The standard InChI is InChI=1S/C31H43N3O5/c1-19-10-8-12-24(37-18-20-13-14-20)25(19)23-16-22(26(27(32)33-23)28(35)38-30(2,3)4)21-11-9-15-34(17-21)29(36)39-31(5,6)7/h8,10,12,16,20-21H,9,11,13-15,17-18H2,1-7H3,(H2,32,33). The molecule has 8 nitrogen and oxygen atoms in total. The van der Waals surface area contributed by atoms with E-state index in [4.69, 9.17) is 24.9 Å². The first-order valence-electron chi connectivity index (χ1n) is 14.0. The van der Waals surface area contributed by atoms with Crippen molar-refractivity contribution >= 4 is 17.9 Å². The highest BCUT2D eigenvalue weighted by Gasteiger charge is 2.34. The van der Waals surface area contributed by atoms with Gasteiger partial charge in [0.25, 0.3) is 0 Å². The van der Waals surface area contributed by atoms with E-state index in [0.29, 0.717) is 31.3 Å². The van der Waals surface area contributed by atoms with Gasteiger partial charge in [-0.3, -0.25) is 0 Å². The van der Waals surface area contributed by atoms with Crippen LogP contribution in [0.3, 0.4) is 0 Å². The Kier molecular flexibility index (Phi) is 8.14. The molecular weight excluding hydrogens is 494 g/mol. The minimum Gasteiger partial charge on any atom is -0.493 e. The molecule has 212 valence electrons. The van der Waals surface area contributed by atoms with Crippen LogP contribution < -0.4 is 10.5 Å². The van der Waals surface area contributed by atoms with Gasteiger partial charge in [0.1, 0.15) is 28.3 Å². The molecule has 1 saturated carbocycles. The molecule has 0 radical (unpaired) electrons. The Morgan fingerprint density at radius 3 is 2.38 bits per heavy atom. The lowest BCUT2D eigenvalue weighted by atomic mass is 9.86. The van der Waals surface area contributed by atoms with Crippen molar-refractivity contribution in [3.63, 3.8) is 0 Å². The molecule has 2 aromatic rings. The Balaban J connectivity index is 1.77. The molecule has 1 amide bonds. The molecule has 2 fully saturated rings. The lowest BCUT2D eigenvalue weighted by molar-refractivity contribution is 0.00682. The van der Waals surface area contributed by atoms with Crippen LogP contribution in [0, 0.1) is 12.8 Å². The maximum absolute atomic E-state index is 13.4. The van der Waals surface area contributed by atoms with E-state index in [1.807, 2.05) is 72.7 Å². The molecule has 2 N–H and O–H groups in total. The zero-order chi connectivity index (χ0) is 28.5. The number of hydrogen-bond donors (Lipinski definition) is 1. The molecule has 1 aromatic heterocycles. The Labute approximate surface area is 232 Å². The van der Waals surface area contributed by atoms with Crippen LogP contribution in [0.4, 0.5) is 10.6 Å². The molecule has 2 heterocycles. The molecule has 1 aliphatic heterocycles. The van der Waals surface area contributed by atoms with Gasteiger partial charge in [-0.15, -0.1) is 0 Å². The molecule has 1 unspecified atom stereocenters. The second-order valence-corrected chi connectivity index (χ2v) is 12.8. The van der Waals surface area contributed by atoms with Crippen molar-refractivity contribution in [3.05, 3.63) is 41.0 Å². The Morgan fingerprint density at radius 2 is 1.74 bits per heavy atom. The molecule has 4 rings (SSSR count). The number of anilines is 1. The van der Waals surface area contributed by atoms with Crippen LogP contribution in [0.15, 0.2) is 24.3 Å². The fourth-order valence-corrected chi connectivity index (χ4v) is 4.89. The summed E-state index contributed by atoms with van der Waals surface area (Å²) >= 11 is 0. The number of benzene rings is 1. The van der Waals surface area contributed by atoms with Crippen molar-refractivity contribution in [2.24, 2.45) is 5.92 Å². The largest absolute Gasteiger partial charge is 0.493 e. The number of ether oxygens (including phenoxy) is 3. The SMILES string of the molecule is Cc1cccc(OCC2CC2)c1-c1cc(C2CCCN(C(=O)OC(C)(C)C)C2)c(C(=O)OC(C)(C)C)c(N)n1. The van der Waals surface area contributed by atoms with E-state index in [1.165, 1.54) is 12.8 Å². The van der Waals surface area contributed by atoms with Crippen LogP contribution in [0.2, 0.25) is 0 Å². The van der Waals surface area contributed by atoms with Gasteiger partial charge in [-0.2, -0.15) is 0 Å². The highest BCUT2D eigenvalue weighted by atomic mass is 16.6. The van der Waals surface area contributed by atoms with Gasteiger partial charge in [0, 0.05) is 24.6 Å². The number of likely N-dealkylation sites (tertiary alicyclic amines) is 1. The normalized spacial score (nSPS) is 18.0. The predicted octanol–water partition coefficient (Wildman–Crippen LogP) is 6.50. The molecule has 1 aromatic carbocycles. The third-order valence-corrected chi connectivity index (χ3v) is 6.86. The number of carbonyl (C=O) groups is 2. The molecule has 8 heteroatoms. The van der Waals surface area contributed by atoms with Crippen LogP contribution in [0.1, 0.15) is 94.6 Å². The summed E-state index contributed by atoms with van der Waals surface area (Å²) in [6.07, 6.45) is 3.59. The first-order valence-corrected chi connectivity index (χ1v) is 14.0. The number of amides is 1. The van der Waals surface area contributed by atoms with Crippen LogP contribution in [0.5, 0.6) is 5.75 Å². The van der Waals surface area contributed by atoms with E-state index in [2.05, 4.69) is 0 Å². The van der Waals surface area contributed by atoms with E-state index in [1.54, 1.807) is 4.90 Å². The Bertz CT molecular complexity index is 1220. The Hall–Kier alpha value is -3.29. The number of nitrogens with two attached hydrogens (primary N) is 1. The number of aryl methyl sites for hydroxylation is 1. The fraction of sp³-hybridized carbons (Fsp3) is 0.581. The van der Waals surface area contributed by atoms with Crippen molar-refractivity contribution in [2.45, 2.75) is 91.3 Å². The number of nitrogens with zero attached hydrogens (tertiary/aromatic N) is 2. The van der Waals surface area contributed by atoms with Crippen molar-refractivity contribution in [2.75, 3.05) is 25.4 Å². The monoisotopic (exact) mass is 537 g/mol. The van der Waals surface area contributed by atoms with Gasteiger partial charge < -0.3 is 24.8 Å². The quantitative estimate of drug-likeness (QED) is 0.420. The first-order chi connectivity index (χ1) is 18.2. The number of aromatic nitrogens is 1. The van der Waals surface area contributed by atoms with Gasteiger partial charge in [0.2, 0.25) is 0 Å². The number of rotatable bonds is 6. The molecule has 1 aliphatic carbocycles. The number of carbonyl (C=O) groups excluding carboxylic acids is 2. The van der Waals surface area contributed by atoms with Gasteiger partial charge in [-0.25, -0.2) is 14.6 Å². The van der Waals surface area contributed by atoms with Crippen LogP contribution in [-0.2, 0) is 9.47 Å². The van der Waals surface area contributed by atoms with Crippen molar-refractivity contribution in [1.29, 1.82) is 0 Å². The van der Waals surface area contributed by atoms with Crippen molar-refractivity contribution in [3.8, 4) is 17.0 Å². The molecular formula is C31H43N3O5. The van der Waals surface area contributed by atoms with E-state index in [0.717, 1.165) is 35.3 Å². The molecule has 1 atom stereocenters. The number of piperidine rings is 1. The summed E-state index contributed by atoms with van der Waals surface area (Å²) in [5, 5.41) is 0. The summed E-state index contributed by atoms with van der Waals surface area (Å²) in [4.78, 5) is 32.8. The maximum atomic E-state index is 13.4. The summed E-state index contributed by atoms with van der Waals surface area (Å²) < 4.78 is 17.6. The zero-order valence-corrected chi connectivity index (χ0v) is 24.4. The Morgan fingerprint density at radius 1 is 1.05 bits per heavy atom. The van der Waals surface area contributed by atoms with Crippen LogP contribution in [0.25, 0.3) is 11.3 Å². The van der Waals surface area contributed by atoms with E-state index in [-0.39, 0.29) is 23.4 Å². The molecule has 39 heavy (non-hydrogen) atoms. The van der Waals surface area contributed by atoms with E-state index in [9.17, 15) is 9.59 Å². The number of hydrogen-bond acceptors (Lipinski definition) is 7. The van der Waals surface area contributed by atoms with Crippen LogP contribution >= 0.6 is 0 Å². The lowest BCUT2D eigenvalue weighted by Gasteiger charge is -2.35. The highest BCUT2D eigenvalue weighted by molar-refractivity contribution is 5.97. The summed E-state index contributed by atoms with van der Waals surface area (Å²) in [5.41, 5.74) is 8.75. The number of esters is 1. The van der Waals surface area contributed by atoms with Gasteiger partial charge in [0.15, 0.2) is 0 Å². The van der Waals surface area contributed by atoms with Crippen LogP contribution in [-0.4, -0.2) is 52.8 Å². The summed E-state index contributed by atoms with van der Waals surface area (Å²) in [5.74, 6) is 0.810. The second-order valence-electron chi connectivity index (χ2n) is 12.8. The average Bonchev–Trinajstić information content (AvgIpc) is 3.64. The molecule has 1 saturated heterocycles. The minimum atomic E-state index is -0.700. The first kappa shape index (κ1) is 28.7. The van der Waals surface area contributed by atoms with Gasteiger partial charge >= 0.3 is 12.1 Å². The topological polar surface area (TPSA) is 104 Å². The number of pyridine rings is 1. The minimum absolute atomic E-state index is 0.113. The smallest absolute Gasteiger partial charge is 0.410 e. The predicted molar refractivity (Wildman–Crippen MR) is 152 cm³/mol. The number of nitrogen functional groups attached to an aromatic ring is 1. The maximum Gasteiger partial charge on any atom is 0.410 e. The van der Waals surface area contributed by atoms with Gasteiger partial charge in [-0.1, -0.05) is 12.1 Å². The average molecular weight is 538 g/mol. The van der Waals surface area contributed by atoms with E-state index >= 15 is 0 Å².